The largest absolute Gasteiger partial charge is 0.304 e. The van der Waals surface area contributed by atoms with Crippen molar-refractivity contribution in [2.24, 2.45) is 0 Å². The van der Waals surface area contributed by atoms with E-state index in [9.17, 15) is 22.9 Å². The van der Waals surface area contributed by atoms with E-state index in [2.05, 4.69) is 9.71 Å². The summed E-state index contributed by atoms with van der Waals surface area (Å²) in [5.74, 6) is -1.20. The Morgan fingerprint density at radius 2 is 2.20 bits per heavy atom. The highest BCUT2D eigenvalue weighted by atomic mass is 32.2. The van der Waals surface area contributed by atoms with Crippen molar-refractivity contribution in [2.75, 3.05) is 0 Å². The van der Waals surface area contributed by atoms with Gasteiger partial charge in [-0.1, -0.05) is 0 Å². The maximum Gasteiger partial charge on any atom is 0.304 e. The second-order valence-electron chi connectivity index (χ2n) is 3.67. The van der Waals surface area contributed by atoms with Crippen LogP contribution in [0.15, 0.2) is 34.0 Å². The quantitative estimate of drug-likeness (QED) is 0.667. The Morgan fingerprint density at radius 3 is 2.75 bits per heavy atom. The van der Waals surface area contributed by atoms with Crippen LogP contribution < -0.4 is 4.72 Å². The normalized spacial score (nSPS) is 11.4. The maximum absolute atomic E-state index is 13.4. The lowest BCUT2D eigenvalue weighted by Crippen LogP contribution is -2.23. The number of nitro groups is 1. The summed E-state index contributed by atoms with van der Waals surface area (Å²) < 4.78 is 39.4. The van der Waals surface area contributed by atoms with E-state index >= 15 is 0 Å². The minimum Gasteiger partial charge on any atom is -0.258 e. The summed E-state index contributed by atoms with van der Waals surface area (Å²) in [5, 5.41) is 12.1. The number of rotatable bonds is 5. The summed E-state index contributed by atoms with van der Waals surface area (Å²) in [6.07, 6.45) is 0. The smallest absolute Gasteiger partial charge is 0.258 e. The lowest BCUT2D eigenvalue weighted by Gasteiger charge is -2.05. The van der Waals surface area contributed by atoms with E-state index in [1.165, 1.54) is 11.3 Å². The van der Waals surface area contributed by atoms with Crippen LogP contribution in [0.25, 0.3) is 0 Å². The number of benzene rings is 1. The van der Waals surface area contributed by atoms with E-state index in [0.717, 1.165) is 12.1 Å². The van der Waals surface area contributed by atoms with Crippen molar-refractivity contribution >= 4 is 27.0 Å². The van der Waals surface area contributed by atoms with Crippen LogP contribution in [0.1, 0.15) is 5.69 Å². The Bertz CT molecular complexity index is 731. The first-order valence-corrected chi connectivity index (χ1v) is 7.63. The highest BCUT2D eigenvalue weighted by molar-refractivity contribution is 7.89. The molecule has 1 N–H and O–H groups in total. The number of sulfonamides is 1. The first-order chi connectivity index (χ1) is 9.40. The van der Waals surface area contributed by atoms with Crippen molar-refractivity contribution in [3.8, 4) is 0 Å². The molecule has 1 heterocycles. The topological polar surface area (TPSA) is 102 Å². The van der Waals surface area contributed by atoms with E-state index < -0.39 is 26.5 Å². The van der Waals surface area contributed by atoms with Gasteiger partial charge in [0.1, 0.15) is 0 Å². The molecule has 0 atom stereocenters. The minimum atomic E-state index is -3.95. The zero-order valence-corrected chi connectivity index (χ0v) is 11.4. The Labute approximate surface area is 117 Å². The number of nitro benzene ring substituents is 1. The van der Waals surface area contributed by atoms with Crippen molar-refractivity contribution in [1.82, 2.24) is 9.71 Å². The first kappa shape index (κ1) is 14.5. The Morgan fingerprint density at radius 1 is 1.45 bits per heavy atom. The number of halogens is 1. The molecule has 0 saturated heterocycles. The molecule has 2 rings (SSSR count). The fraction of sp³-hybridized carbons (Fsp3) is 0.100. The van der Waals surface area contributed by atoms with Crippen molar-refractivity contribution in [2.45, 2.75) is 11.4 Å². The molecule has 0 fully saturated rings. The number of aromatic nitrogens is 1. The van der Waals surface area contributed by atoms with Gasteiger partial charge in [0.2, 0.25) is 15.8 Å². The van der Waals surface area contributed by atoms with Crippen LogP contribution in [0.4, 0.5) is 10.1 Å². The Kier molecular flexibility index (Phi) is 4.06. The summed E-state index contributed by atoms with van der Waals surface area (Å²) in [7, 11) is -3.95. The van der Waals surface area contributed by atoms with E-state index in [0.29, 0.717) is 11.8 Å². The third-order valence-electron chi connectivity index (χ3n) is 2.35. The average molecular weight is 317 g/mol. The van der Waals surface area contributed by atoms with Crippen molar-refractivity contribution in [3.05, 3.63) is 50.7 Å². The van der Waals surface area contributed by atoms with Gasteiger partial charge in [-0.3, -0.25) is 10.1 Å². The molecule has 7 nitrogen and oxygen atoms in total. The number of nitrogens with one attached hydrogen (secondary N) is 1. The van der Waals surface area contributed by atoms with E-state index in [1.54, 1.807) is 10.9 Å². The molecule has 0 unspecified atom stereocenters. The molecule has 106 valence electrons. The molecule has 0 aliphatic carbocycles. The predicted octanol–water partition coefficient (Wildman–Crippen LogP) is 1.67. The highest BCUT2D eigenvalue weighted by Gasteiger charge is 2.20. The van der Waals surface area contributed by atoms with Gasteiger partial charge in [0.15, 0.2) is 0 Å². The molecule has 20 heavy (non-hydrogen) atoms. The number of thiazole rings is 1. The van der Waals surface area contributed by atoms with Gasteiger partial charge < -0.3 is 0 Å². The van der Waals surface area contributed by atoms with Crippen molar-refractivity contribution in [1.29, 1.82) is 0 Å². The van der Waals surface area contributed by atoms with E-state index in [4.69, 9.17) is 0 Å². The van der Waals surface area contributed by atoms with Gasteiger partial charge in [0.05, 0.1) is 27.6 Å². The van der Waals surface area contributed by atoms with Crippen molar-refractivity contribution in [3.63, 3.8) is 0 Å². The molecular formula is C10H8FN3O4S2. The molecule has 10 heteroatoms. The third kappa shape index (κ3) is 3.15. The predicted molar refractivity (Wildman–Crippen MR) is 69.2 cm³/mol. The molecule has 1 aromatic heterocycles. The van der Waals surface area contributed by atoms with E-state index in [-0.39, 0.29) is 11.4 Å². The molecule has 2 aromatic rings. The molecule has 0 amide bonds. The molecule has 0 radical (unpaired) electrons. The van der Waals surface area contributed by atoms with Gasteiger partial charge >= 0.3 is 5.69 Å². The minimum absolute atomic E-state index is 0.0373. The monoisotopic (exact) mass is 317 g/mol. The Balaban J connectivity index is 2.21. The van der Waals surface area contributed by atoms with Gasteiger partial charge in [-0.15, -0.1) is 11.3 Å². The lowest BCUT2D eigenvalue weighted by molar-refractivity contribution is -0.387. The summed E-state index contributed by atoms with van der Waals surface area (Å²) >= 11 is 1.31. The Hall–Kier alpha value is -1.91. The summed E-state index contributed by atoms with van der Waals surface area (Å²) in [6, 6.07) is 2.40. The maximum atomic E-state index is 13.4. The van der Waals surface area contributed by atoms with Gasteiger partial charge in [-0.2, -0.15) is 4.39 Å². The molecule has 0 spiro atoms. The van der Waals surface area contributed by atoms with Gasteiger partial charge in [-0.05, 0) is 6.07 Å². The van der Waals surface area contributed by atoms with Gasteiger partial charge in [0.25, 0.3) is 0 Å². The van der Waals surface area contributed by atoms with Crippen LogP contribution in [0, 0.1) is 15.9 Å². The number of hydrogen-bond donors (Lipinski definition) is 1. The number of hydrogen-bond acceptors (Lipinski definition) is 6. The zero-order valence-electron chi connectivity index (χ0n) is 9.82. The highest BCUT2D eigenvalue weighted by Crippen LogP contribution is 2.20. The fourth-order valence-corrected chi connectivity index (χ4v) is 2.95. The SMILES string of the molecule is O=[N+]([O-])c1ccc(S(=O)(=O)NCc2cscn2)cc1F. The summed E-state index contributed by atoms with van der Waals surface area (Å²) in [6.45, 7) is -0.0373. The number of nitrogens with zero attached hydrogens (tertiary/aromatic N) is 2. The van der Waals surface area contributed by atoms with Gasteiger partial charge in [0, 0.05) is 17.5 Å². The zero-order chi connectivity index (χ0) is 14.8. The van der Waals surface area contributed by atoms with Crippen LogP contribution in [-0.4, -0.2) is 18.3 Å². The van der Waals surface area contributed by atoms with Crippen LogP contribution in [0.5, 0.6) is 0 Å². The molecule has 0 bridgehead atoms. The lowest BCUT2D eigenvalue weighted by atomic mass is 10.3. The molecular weight excluding hydrogens is 309 g/mol. The van der Waals surface area contributed by atoms with E-state index in [1.807, 2.05) is 0 Å². The third-order valence-corrected chi connectivity index (χ3v) is 4.39. The van der Waals surface area contributed by atoms with Crippen LogP contribution in [0.3, 0.4) is 0 Å². The molecule has 0 aliphatic heterocycles. The standard InChI is InChI=1S/C10H8FN3O4S2/c11-9-3-8(1-2-10(9)14(15)16)20(17,18)13-4-7-5-19-6-12-7/h1-3,5-6,13H,4H2. The molecule has 1 aromatic carbocycles. The average Bonchev–Trinajstić information content (AvgIpc) is 2.89. The second kappa shape index (κ2) is 5.61. The van der Waals surface area contributed by atoms with Gasteiger partial charge in [-0.25, -0.2) is 18.1 Å². The van der Waals surface area contributed by atoms with Crippen LogP contribution in [0.2, 0.25) is 0 Å². The first-order valence-electron chi connectivity index (χ1n) is 5.21. The summed E-state index contributed by atoms with van der Waals surface area (Å²) in [4.78, 5) is 13.1. The van der Waals surface area contributed by atoms with Crippen LogP contribution >= 0.6 is 11.3 Å². The fourth-order valence-electron chi connectivity index (χ4n) is 1.38. The molecule has 0 saturated carbocycles. The second-order valence-corrected chi connectivity index (χ2v) is 6.16. The van der Waals surface area contributed by atoms with Crippen molar-refractivity contribution < 1.29 is 17.7 Å². The summed E-state index contributed by atoms with van der Waals surface area (Å²) in [5.41, 5.74) is 1.30. The van der Waals surface area contributed by atoms with Crippen LogP contribution in [-0.2, 0) is 16.6 Å². The molecule has 0 aliphatic rings.